The zero-order chi connectivity index (χ0) is 24.0. The molecule has 3 rings (SSSR count). The molecule has 1 aromatic rings. The van der Waals surface area contributed by atoms with Crippen LogP contribution in [0.1, 0.15) is 39.2 Å². The molecule has 184 valence electrons. The Morgan fingerprint density at radius 1 is 1.03 bits per heavy atom. The number of piperidine rings is 1. The van der Waals surface area contributed by atoms with Crippen molar-refractivity contribution in [2.75, 3.05) is 47.0 Å². The van der Waals surface area contributed by atoms with Gasteiger partial charge in [-0.05, 0) is 51.3 Å². The summed E-state index contributed by atoms with van der Waals surface area (Å²) in [5.74, 6) is 1.82. The quantitative estimate of drug-likeness (QED) is 0.669. The number of rotatable bonds is 7. The van der Waals surface area contributed by atoms with Gasteiger partial charge in [0.1, 0.15) is 0 Å². The van der Waals surface area contributed by atoms with Crippen LogP contribution in [-0.4, -0.2) is 81.0 Å². The van der Waals surface area contributed by atoms with Crippen molar-refractivity contribution >= 4 is 11.9 Å². The SMILES string of the molecule is CCOc1c(OC)cc(CNC(=O)N2CCC(C(=O)N3CC(C)OC(C)C3)CC2)cc1OC. The van der Waals surface area contributed by atoms with Crippen LogP contribution in [-0.2, 0) is 16.1 Å². The maximum Gasteiger partial charge on any atom is 0.317 e. The molecule has 0 aliphatic carbocycles. The number of hydrogen-bond donors (Lipinski definition) is 1. The fourth-order valence-corrected chi connectivity index (χ4v) is 4.56. The summed E-state index contributed by atoms with van der Waals surface area (Å²) in [5, 5.41) is 2.96. The average Bonchev–Trinajstić information content (AvgIpc) is 2.82. The second-order valence-corrected chi connectivity index (χ2v) is 8.68. The minimum Gasteiger partial charge on any atom is -0.493 e. The monoisotopic (exact) mass is 463 g/mol. The molecule has 33 heavy (non-hydrogen) atoms. The van der Waals surface area contributed by atoms with Crippen molar-refractivity contribution in [1.82, 2.24) is 15.1 Å². The molecule has 2 saturated heterocycles. The van der Waals surface area contributed by atoms with Crippen LogP contribution >= 0.6 is 0 Å². The van der Waals surface area contributed by atoms with Crippen molar-refractivity contribution in [3.05, 3.63) is 17.7 Å². The van der Waals surface area contributed by atoms with Crippen molar-refractivity contribution in [3.8, 4) is 17.2 Å². The van der Waals surface area contributed by atoms with E-state index in [2.05, 4.69) is 5.32 Å². The van der Waals surface area contributed by atoms with Gasteiger partial charge in [0.15, 0.2) is 11.5 Å². The van der Waals surface area contributed by atoms with E-state index >= 15 is 0 Å². The molecule has 2 fully saturated rings. The number of carbonyl (C=O) groups excluding carboxylic acids is 2. The Balaban J connectivity index is 1.52. The van der Waals surface area contributed by atoms with Crippen LogP contribution in [0.5, 0.6) is 17.2 Å². The smallest absolute Gasteiger partial charge is 0.317 e. The second-order valence-electron chi connectivity index (χ2n) is 8.68. The van der Waals surface area contributed by atoms with Crippen LogP contribution in [0.3, 0.4) is 0 Å². The summed E-state index contributed by atoms with van der Waals surface area (Å²) in [6.45, 7) is 9.12. The van der Waals surface area contributed by atoms with Crippen LogP contribution in [0.15, 0.2) is 12.1 Å². The summed E-state index contributed by atoms with van der Waals surface area (Å²) in [5.41, 5.74) is 0.848. The molecule has 9 nitrogen and oxygen atoms in total. The topological polar surface area (TPSA) is 89.6 Å². The molecule has 0 saturated carbocycles. The van der Waals surface area contributed by atoms with Crippen LogP contribution in [0.4, 0.5) is 4.79 Å². The van der Waals surface area contributed by atoms with E-state index in [1.165, 1.54) is 0 Å². The van der Waals surface area contributed by atoms with E-state index in [9.17, 15) is 9.59 Å². The van der Waals surface area contributed by atoms with E-state index in [0.29, 0.717) is 69.4 Å². The van der Waals surface area contributed by atoms with Crippen LogP contribution in [0.25, 0.3) is 0 Å². The highest BCUT2D eigenvalue weighted by Crippen LogP contribution is 2.38. The molecule has 2 aliphatic rings. The lowest BCUT2D eigenvalue weighted by Crippen LogP contribution is -2.52. The Hall–Kier alpha value is -2.68. The number of ether oxygens (including phenoxy) is 4. The van der Waals surface area contributed by atoms with Crippen molar-refractivity contribution < 1.29 is 28.5 Å². The summed E-state index contributed by atoms with van der Waals surface area (Å²) in [4.78, 5) is 29.4. The molecule has 1 aromatic carbocycles. The molecule has 2 aliphatic heterocycles. The van der Waals surface area contributed by atoms with Crippen LogP contribution in [0.2, 0.25) is 0 Å². The zero-order valence-corrected chi connectivity index (χ0v) is 20.4. The molecule has 2 atom stereocenters. The molecule has 0 spiro atoms. The summed E-state index contributed by atoms with van der Waals surface area (Å²) in [6.07, 6.45) is 1.47. The van der Waals surface area contributed by atoms with Gasteiger partial charge >= 0.3 is 6.03 Å². The van der Waals surface area contributed by atoms with E-state index in [-0.39, 0.29) is 30.1 Å². The summed E-state index contributed by atoms with van der Waals surface area (Å²) >= 11 is 0. The number of benzene rings is 1. The Bertz CT molecular complexity index is 789. The molecule has 0 bridgehead atoms. The van der Waals surface area contributed by atoms with E-state index in [1.807, 2.05) is 37.8 Å². The van der Waals surface area contributed by atoms with Crippen molar-refractivity contribution in [3.63, 3.8) is 0 Å². The number of urea groups is 1. The Kier molecular flexibility index (Phi) is 8.66. The number of methoxy groups -OCH3 is 2. The Morgan fingerprint density at radius 3 is 2.12 bits per heavy atom. The maximum atomic E-state index is 12.9. The first-order chi connectivity index (χ1) is 15.9. The first-order valence-corrected chi connectivity index (χ1v) is 11.7. The standard InChI is InChI=1S/C24H37N3O6/c1-6-32-22-20(30-4)11-18(12-21(22)31-5)13-25-24(29)26-9-7-19(8-10-26)23(28)27-14-16(2)33-17(3)15-27/h11-12,16-17,19H,6-10,13-15H2,1-5H3,(H,25,29). The van der Waals surface area contributed by atoms with Gasteiger partial charge in [0.05, 0.1) is 33.0 Å². The van der Waals surface area contributed by atoms with Gasteiger partial charge < -0.3 is 34.1 Å². The number of morpholine rings is 1. The van der Waals surface area contributed by atoms with E-state index < -0.39 is 0 Å². The van der Waals surface area contributed by atoms with Crippen LogP contribution in [0, 0.1) is 5.92 Å². The van der Waals surface area contributed by atoms with Gasteiger partial charge in [0, 0.05) is 38.6 Å². The number of nitrogens with zero attached hydrogens (tertiary/aromatic N) is 2. The van der Waals surface area contributed by atoms with Gasteiger partial charge in [-0.3, -0.25) is 4.79 Å². The number of nitrogens with one attached hydrogen (secondary N) is 1. The molecule has 2 heterocycles. The minimum atomic E-state index is -0.138. The fourth-order valence-electron chi connectivity index (χ4n) is 4.56. The summed E-state index contributed by atoms with van der Waals surface area (Å²) in [6, 6.07) is 3.53. The fraction of sp³-hybridized carbons (Fsp3) is 0.667. The molecule has 0 radical (unpaired) electrons. The lowest BCUT2D eigenvalue weighted by Gasteiger charge is -2.39. The zero-order valence-electron chi connectivity index (χ0n) is 20.4. The van der Waals surface area contributed by atoms with Gasteiger partial charge in [0.2, 0.25) is 11.7 Å². The minimum absolute atomic E-state index is 0.0359. The van der Waals surface area contributed by atoms with Crippen molar-refractivity contribution in [2.45, 2.75) is 52.4 Å². The summed E-state index contributed by atoms with van der Waals surface area (Å²) in [7, 11) is 3.15. The number of amides is 3. The Labute approximate surface area is 196 Å². The summed E-state index contributed by atoms with van der Waals surface area (Å²) < 4.78 is 22.2. The second kappa shape index (κ2) is 11.4. The van der Waals surface area contributed by atoms with Gasteiger partial charge in [0.25, 0.3) is 0 Å². The normalized spacial score (nSPS) is 21.5. The van der Waals surface area contributed by atoms with Gasteiger partial charge in [-0.15, -0.1) is 0 Å². The molecule has 0 aromatic heterocycles. The highest BCUT2D eigenvalue weighted by Gasteiger charge is 2.33. The maximum absolute atomic E-state index is 12.9. The van der Waals surface area contributed by atoms with E-state index in [4.69, 9.17) is 18.9 Å². The first-order valence-electron chi connectivity index (χ1n) is 11.7. The van der Waals surface area contributed by atoms with E-state index in [0.717, 1.165) is 5.56 Å². The van der Waals surface area contributed by atoms with Gasteiger partial charge in [-0.1, -0.05) is 0 Å². The van der Waals surface area contributed by atoms with Crippen molar-refractivity contribution in [2.24, 2.45) is 5.92 Å². The largest absolute Gasteiger partial charge is 0.493 e. The predicted octanol–water partition coefficient (Wildman–Crippen LogP) is 2.66. The molecular weight excluding hydrogens is 426 g/mol. The van der Waals surface area contributed by atoms with Crippen molar-refractivity contribution in [1.29, 1.82) is 0 Å². The lowest BCUT2D eigenvalue weighted by atomic mass is 9.95. The van der Waals surface area contributed by atoms with Crippen LogP contribution < -0.4 is 19.5 Å². The average molecular weight is 464 g/mol. The van der Waals surface area contributed by atoms with Gasteiger partial charge in [-0.2, -0.15) is 0 Å². The molecule has 1 N–H and O–H groups in total. The van der Waals surface area contributed by atoms with Gasteiger partial charge in [-0.25, -0.2) is 4.79 Å². The lowest BCUT2D eigenvalue weighted by molar-refractivity contribution is -0.148. The third-order valence-electron chi connectivity index (χ3n) is 6.12. The molecule has 9 heteroatoms. The third kappa shape index (κ3) is 6.22. The predicted molar refractivity (Wildman–Crippen MR) is 124 cm³/mol. The first kappa shape index (κ1) is 25.0. The Morgan fingerprint density at radius 2 is 1.61 bits per heavy atom. The number of hydrogen-bond acceptors (Lipinski definition) is 6. The molecule has 2 unspecified atom stereocenters. The molecular formula is C24H37N3O6. The number of carbonyl (C=O) groups is 2. The third-order valence-corrected chi connectivity index (χ3v) is 6.12. The number of likely N-dealkylation sites (tertiary alicyclic amines) is 1. The molecule has 3 amide bonds. The highest BCUT2D eigenvalue weighted by molar-refractivity contribution is 5.80. The van der Waals surface area contributed by atoms with E-state index in [1.54, 1.807) is 19.1 Å². The highest BCUT2D eigenvalue weighted by atomic mass is 16.5.